The van der Waals surface area contributed by atoms with Gasteiger partial charge in [-0.3, -0.25) is 4.79 Å². The summed E-state index contributed by atoms with van der Waals surface area (Å²) in [6.07, 6.45) is 3.77. The Hall–Kier alpha value is -3.28. The molecular formula is C24H27N3O3. The first-order chi connectivity index (χ1) is 14.7. The topological polar surface area (TPSA) is 56.6 Å². The number of rotatable bonds is 7. The summed E-state index contributed by atoms with van der Waals surface area (Å²) in [5, 5.41) is 0. The number of hydrogen-bond acceptors (Lipinski definition) is 4. The van der Waals surface area contributed by atoms with E-state index in [-0.39, 0.29) is 18.6 Å². The highest BCUT2D eigenvalue weighted by atomic mass is 16.5. The molecule has 1 unspecified atom stereocenters. The second kappa shape index (κ2) is 9.03. The minimum Gasteiger partial charge on any atom is -0.497 e. The molecule has 3 aromatic rings. The quantitative estimate of drug-likeness (QED) is 0.596. The van der Waals surface area contributed by atoms with Crippen molar-refractivity contribution in [3.63, 3.8) is 0 Å². The van der Waals surface area contributed by atoms with Crippen LogP contribution in [0.15, 0.2) is 60.8 Å². The Bertz CT molecular complexity index is 983. The predicted octanol–water partition coefficient (Wildman–Crippen LogP) is 3.99. The van der Waals surface area contributed by atoms with Gasteiger partial charge in [-0.05, 0) is 49.6 Å². The van der Waals surface area contributed by atoms with Crippen LogP contribution >= 0.6 is 0 Å². The van der Waals surface area contributed by atoms with Gasteiger partial charge in [-0.2, -0.15) is 0 Å². The molecular weight excluding hydrogens is 378 g/mol. The lowest BCUT2D eigenvalue weighted by Crippen LogP contribution is -2.35. The molecule has 0 saturated carbocycles. The van der Waals surface area contributed by atoms with Crippen molar-refractivity contribution < 1.29 is 14.3 Å². The number of ether oxygens (including phenoxy) is 2. The highest BCUT2D eigenvalue weighted by Crippen LogP contribution is 2.32. The van der Waals surface area contributed by atoms with Crippen molar-refractivity contribution in [3.8, 4) is 11.5 Å². The van der Waals surface area contributed by atoms with Gasteiger partial charge in [-0.25, -0.2) is 4.98 Å². The van der Waals surface area contributed by atoms with Crippen LogP contribution in [0.4, 0.5) is 0 Å². The lowest BCUT2D eigenvalue weighted by atomic mass is 10.1. The molecule has 1 amide bonds. The van der Waals surface area contributed by atoms with Gasteiger partial charge in [0.05, 0.1) is 13.2 Å². The number of benzene rings is 2. The second-order valence-electron chi connectivity index (χ2n) is 7.54. The smallest absolute Gasteiger partial charge is 0.261 e. The van der Waals surface area contributed by atoms with Crippen molar-refractivity contribution in [2.24, 2.45) is 0 Å². The number of carbonyl (C=O) groups is 1. The van der Waals surface area contributed by atoms with Gasteiger partial charge in [0.25, 0.3) is 5.91 Å². The van der Waals surface area contributed by atoms with Gasteiger partial charge in [0.15, 0.2) is 6.61 Å². The van der Waals surface area contributed by atoms with Gasteiger partial charge >= 0.3 is 0 Å². The molecule has 0 N–H and O–H groups in total. The summed E-state index contributed by atoms with van der Waals surface area (Å²) in [5.74, 6) is 2.48. The van der Waals surface area contributed by atoms with Crippen LogP contribution in [0.3, 0.4) is 0 Å². The number of imidazole rings is 1. The third-order valence-electron chi connectivity index (χ3n) is 5.56. The molecule has 1 saturated heterocycles. The minimum absolute atomic E-state index is 0.00185. The zero-order valence-corrected chi connectivity index (χ0v) is 17.5. The summed E-state index contributed by atoms with van der Waals surface area (Å²) in [5.41, 5.74) is 2.25. The average molecular weight is 405 g/mol. The normalized spacial score (nSPS) is 15.9. The SMILES string of the molecule is COc1ccc(Cn2c(C)cnc2C2CCCN2C(=O)COc2ccccc2)cc1. The van der Waals surface area contributed by atoms with E-state index in [9.17, 15) is 4.79 Å². The van der Waals surface area contributed by atoms with Crippen LogP contribution in [0.2, 0.25) is 0 Å². The van der Waals surface area contributed by atoms with Gasteiger partial charge < -0.3 is 18.9 Å². The van der Waals surface area contributed by atoms with E-state index in [1.165, 1.54) is 5.56 Å². The fraction of sp³-hybridized carbons (Fsp3) is 0.333. The van der Waals surface area contributed by atoms with E-state index in [1.807, 2.05) is 53.6 Å². The summed E-state index contributed by atoms with van der Waals surface area (Å²) >= 11 is 0. The molecule has 0 aliphatic carbocycles. The van der Waals surface area contributed by atoms with Crippen LogP contribution < -0.4 is 9.47 Å². The highest BCUT2D eigenvalue weighted by Gasteiger charge is 2.33. The molecule has 1 fully saturated rings. The van der Waals surface area contributed by atoms with Crippen LogP contribution in [0.25, 0.3) is 0 Å². The van der Waals surface area contributed by atoms with Crippen LogP contribution in [-0.2, 0) is 11.3 Å². The van der Waals surface area contributed by atoms with E-state index in [4.69, 9.17) is 9.47 Å². The molecule has 6 nitrogen and oxygen atoms in total. The van der Waals surface area contributed by atoms with Crippen LogP contribution in [-0.4, -0.2) is 40.6 Å². The van der Waals surface area contributed by atoms with E-state index in [2.05, 4.69) is 28.6 Å². The van der Waals surface area contributed by atoms with Gasteiger partial charge in [0.2, 0.25) is 0 Å². The van der Waals surface area contributed by atoms with Crippen LogP contribution in [0.5, 0.6) is 11.5 Å². The van der Waals surface area contributed by atoms with Gasteiger partial charge in [0.1, 0.15) is 17.3 Å². The molecule has 6 heteroatoms. The van der Waals surface area contributed by atoms with E-state index in [0.29, 0.717) is 12.3 Å². The maximum atomic E-state index is 12.9. The number of likely N-dealkylation sites (tertiary alicyclic amines) is 1. The number of para-hydroxylation sites is 1. The summed E-state index contributed by atoms with van der Waals surface area (Å²) in [7, 11) is 1.67. The molecule has 30 heavy (non-hydrogen) atoms. The maximum Gasteiger partial charge on any atom is 0.261 e. The van der Waals surface area contributed by atoms with Crippen molar-refractivity contribution in [2.75, 3.05) is 20.3 Å². The Morgan fingerprint density at radius 2 is 1.87 bits per heavy atom. The molecule has 1 aliphatic heterocycles. The lowest BCUT2D eigenvalue weighted by molar-refractivity contribution is -0.134. The summed E-state index contributed by atoms with van der Waals surface area (Å²) < 4.78 is 13.1. The van der Waals surface area contributed by atoms with Crippen molar-refractivity contribution in [3.05, 3.63) is 77.9 Å². The number of aryl methyl sites for hydroxylation is 1. The number of aromatic nitrogens is 2. The molecule has 0 spiro atoms. The van der Waals surface area contributed by atoms with Gasteiger partial charge in [0, 0.05) is 25.0 Å². The van der Waals surface area contributed by atoms with E-state index < -0.39 is 0 Å². The van der Waals surface area contributed by atoms with Gasteiger partial charge in [-0.15, -0.1) is 0 Å². The Morgan fingerprint density at radius 1 is 1.10 bits per heavy atom. The molecule has 0 radical (unpaired) electrons. The van der Waals surface area contributed by atoms with Crippen molar-refractivity contribution in [1.82, 2.24) is 14.5 Å². The Balaban J connectivity index is 1.49. The molecule has 1 aliphatic rings. The van der Waals surface area contributed by atoms with Crippen LogP contribution in [0.1, 0.15) is 36.0 Å². The molecule has 0 bridgehead atoms. The monoisotopic (exact) mass is 405 g/mol. The van der Waals surface area contributed by atoms with Crippen molar-refractivity contribution >= 4 is 5.91 Å². The zero-order chi connectivity index (χ0) is 20.9. The Labute approximate surface area is 177 Å². The summed E-state index contributed by atoms with van der Waals surface area (Å²) in [6, 6.07) is 17.5. The number of amides is 1. The Kier molecular flexibility index (Phi) is 6.02. The highest BCUT2D eigenvalue weighted by molar-refractivity contribution is 5.78. The molecule has 2 aromatic carbocycles. The van der Waals surface area contributed by atoms with Gasteiger partial charge in [-0.1, -0.05) is 30.3 Å². The first-order valence-electron chi connectivity index (χ1n) is 10.3. The standard InChI is InChI=1S/C24H27N3O3/c1-18-15-25-24(27(18)16-19-10-12-20(29-2)13-11-19)22-9-6-14-26(22)23(28)17-30-21-7-4-3-5-8-21/h3-5,7-8,10-13,15,22H,6,9,14,16-17H2,1-2H3. The largest absolute Gasteiger partial charge is 0.497 e. The Morgan fingerprint density at radius 3 is 2.60 bits per heavy atom. The van der Waals surface area contributed by atoms with Crippen molar-refractivity contribution in [1.29, 1.82) is 0 Å². The summed E-state index contributed by atoms with van der Waals surface area (Å²) in [6.45, 7) is 3.54. The lowest BCUT2D eigenvalue weighted by Gasteiger charge is -2.25. The molecule has 156 valence electrons. The predicted molar refractivity (Wildman–Crippen MR) is 115 cm³/mol. The maximum absolute atomic E-state index is 12.9. The number of methoxy groups -OCH3 is 1. The summed E-state index contributed by atoms with van der Waals surface area (Å²) in [4.78, 5) is 19.5. The second-order valence-corrected chi connectivity index (χ2v) is 7.54. The number of carbonyl (C=O) groups excluding carboxylic acids is 1. The fourth-order valence-electron chi connectivity index (χ4n) is 3.94. The zero-order valence-electron chi connectivity index (χ0n) is 17.5. The van der Waals surface area contributed by atoms with Crippen molar-refractivity contribution in [2.45, 2.75) is 32.4 Å². The first-order valence-corrected chi connectivity index (χ1v) is 10.3. The molecule has 2 heterocycles. The fourth-order valence-corrected chi connectivity index (χ4v) is 3.94. The third kappa shape index (κ3) is 4.32. The van der Waals surface area contributed by atoms with E-state index >= 15 is 0 Å². The minimum atomic E-state index is -0.0242. The molecule has 1 aromatic heterocycles. The average Bonchev–Trinajstić information content (AvgIpc) is 3.40. The van der Waals surface area contributed by atoms with Crippen LogP contribution in [0, 0.1) is 6.92 Å². The molecule has 1 atom stereocenters. The third-order valence-corrected chi connectivity index (χ3v) is 5.56. The van der Waals surface area contributed by atoms with E-state index in [0.717, 1.165) is 36.7 Å². The number of nitrogens with zero attached hydrogens (tertiary/aromatic N) is 3. The van der Waals surface area contributed by atoms with E-state index in [1.54, 1.807) is 7.11 Å². The molecule has 4 rings (SSSR count). The first kappa shape index (κ1) is 20.0. The number of hydrogen-bond donors (Lipinski definition) is 0.